The van der Waals surface area contributed by atoms with Crippen LogP contribution in [-0.4, -0.2) is 16.7 Å². The summed E-state index contributed by atoms with van der Waals surface area (Å²) in [7, 11) is 1.65. The van der Waals surface area contributed by atoms with Gasteiger partial charge in [-0.1, -0.05) is 30.3 Å². The molecule has 0 saturated heterocycles. The quantitative estimate of drug-likeness (QED) is 0.752. The van der Waals surface area contributed by atoms with E-state index in [1.807, 2.05) is 48.5 Å². The smallest absolute Gasteiger partial charge is 0.262 e. The van der Waals surface area contributed by atoms with E-state index in [2.05, 4.69) is 4.98 Å². The lowest BCUT2D eigenvalue weighted by Crippen LogP contribution is -2.23. The van der Waals surface area contributed by atoms with E-state index in [0.29, 0.717) is 23.1 Å². The van der Waals surface area contributed by atoms with Crippen LogP contribution in [0.15, 0.2) is 53.3 Å². The SMILES string of the molecule is COc1ccccc1CCn1c(=S)[nH]c2ccccc2c1=O. The Morgan fingerprint density at radius 3 is 2.68 bits per heavy atom. The summed E-state index contributed by atoms with van der Waals surface area (Å²) in [5.74, 6) is 0.825. The van der Waals surface area contributed by atoms with Gasteiger partial charge in [0.1, 0.15) is 5.75 Å². The molecular weight excluding hydrogens is 296 g/mol. The molecule has 3 aromatic rings. The Labute approximate surface area is 133 Å². The third-order valence-corrected chi connectivity index (χ3v) is 4.01. The van der Waals surface area contributed by atoms with E-state index in [0.717, 1.165) is 16.8 Å². The van der Waals surface area contributed by atoms with E-state index < -0.39 is 0 Å². The molecule has 0 spiro atoms. The van der Waals surface area contributed by atoms with Gasteiger partial charge < -0.3 is 9.72 Å². The molecule has 0 fully saturated rings. The molecule has 2 aromatic carbocycles. The van der Waals surface area contributed by atoms with Gasteiger partial charge in [0.05, 0.1) is 18.0 Å². The number of aryl methyl sites for hydroxylation is 1. The Hall–Kier alpha value is -2.40. The molecule has 4 nitrogen and oxygen atoms in total. The minimum Gasteiger partial charge on any atom is -0.496 e. The molecule has 3 rings (SSSR count). The van der Waals surface area contributed by atoms with Crippen molar-refractivity contribution in [2.24, 2.45) is 0 Å². The summed E-state index contributed by atoms with van der Waals surface area (Å²) in [4.78, 5) is 15.7. The minimum absolute atomic E-state index is 0.0609. The number of benzene rings is 2. The van der Waals surface area contributed by atoms with E-state index in [1.54, 1.807) is 11.7 Å². The first kappa shape index (κ1) is 14.5. The van der Waals surface area contributed by atoms with Crippen molar-refractivity contribution in [3.8, 4) is 5.75 Å². The zero-order valence-corrected chi connectivity index (χ0v) is 13.0. The molecule has 1 N–H and O–H groups in total. The van der Waals surface area contributed by atoms with Crippen LogP contribution in [0.3, 0.4) is 0 Å². The number of H-pyrrole nitrogens is 1. The van der Waals surface area contributed by atoms with Crippen LogP contribution in [0.4, 0.5) is 0 Å². The van der Waals surface area contributed by atoms with Crippen LogP contribution in [0, 0.1) is 4.77 Å². The van der Waals surface area contributed by atoms with Gasteiger partial charge in [0.15, 0.2) is 4.77 Å². The maximum atomic E-state index is 12.6. The maximum Gasteiger partial charge on any atom is 0.262 e. The summed E-state index contributed by atoms with van der Waals surface area (Å²) >= 11 is 5.32. The molecule has 0 saturated carbocycles. The molecule has 22 heavy (non-hydrogen) atoms. The molecule has 0 radical (unpaired) electrons. The first-order valence-corrected chi connectivity index (χ1v) is 7.45. The first-order chi connectivity index (χ1) is 10.7. The summed E-state index contributed by atoms with van der Waals surface area (Å²) in [6.45, 7) is 0.513. The number of para-hydroxylation sites is 2. The molecule has 0 aliphatic carbocycles. The van der Waals surface area contributed by atoms with Crippen LogP contribution in [0.1, 0.15) is 5.56 Å². The van der Waals surface area contributed by atoms with Crippen molar-refractivity contribution < 1.29 is 4.74 Å². The molecule has 0 amide bonds. The Morgan fingerprint density at radius 1 is 1.14 bits per heavy atom. The van der Waals surface area contributed by atoms with Crippen molar-refractivity contribution >= 4 is 23.1 Å². The van der Waals surface area contributed by atoms with E-state index >= 15 is 0 Å². The van der Waals surface area contributed by atoms with E-state index in [4.69, 9.17) is 17.0 Å². The molecule has 0 aliphatic rings. The molecule has 0 bridgehead atoms. The second-order valence-electron chi connectivity index (χ2n) is 4.99. The van der Waals surface area contributed by atoms with E-state index in [1.165, 1.54) is 0 Å². The fraction of sp³-hybridized carbons (Fsp3) is 0.176. The van der Waals surface area contributed by atoms with Gasteiger partial charge in [-0.3, -0.25) is 9.36 Å². The summed E-state index contributed by atoms with van der Waals surface area (Å²) in [6, 6.07) is 15.2. The molecule has 5 heteroatoms. The summed E-state index contributed by atoms with van der Waals surface area (Å²) in [5, 5.41) is 0.649. The monoisotopic (exact) mass is 312 g/mol. The highest BCUT2D eigenvalue weighted by atomic mass is 32.1. The highest BCUT2D eigenvalue weighted by Gasteiger charge is 2.07. The lowest BCUT2D eigenvalue weighted by Gasteiger charge is -2.10. The van der Waals surface area contributed by atoms with Crippen molar-refractivity contribution in [2.75, 3.05) is 7.11 Å². The highest BCUT2D eigenvalue weighted by Crippen LogP contribution is 2.18. The third-order valence-electron chi connectivity index (χ3n) is 3.69. The number of methoxy groups -OCH3 is 1. The zero-order valence-electron chi connectivity index (χ0n) is 12.2. The Morgan fingerprint density at radius 2 is 1.86 bits per heavy atom. The van der Waals surface area contributed by atoms with Crippen LogP contribution < -0.4 is 10.3 Å². The van der Waals surface area contributed by atoms with Crippen LogP contribution in [-0.2, 0) is 13.0 Å². The fourth-order valence-corrected chi connectivity index (χ4v) is 2.83. The van der Waals surface area contributed by atoms with Crippen LogP contribution in [0.5, 0.6) is 5.75 Å². The van der Waals surface area contributed by atoms with E-state index in [9.17, 15) is 4.79 Å². The number of hydrogen-bond acceptors (Lipinski definition) is 3. The van der Waals surface area contributed by atoms with Crippen LogP contribution in [0.2, 0.25) is 0 Å². The van der Waals surface area contributed by atoms with Gasteiger partial charge in [0, 0.05) is 6.54 Å². The lowest BCUT2D eigenvalue weighted by molar-refractivity contribution is 0.408. The Balaban J connectivity index is 1.98. The molecule has 0 aliphatic heterocycles. The van der Waals surface area contributed by atoms with Gasteiger partial charge in [-0.05, 0) is 42.4 Å². The highest BCUT2D eigenvalue weighted by molar-refractivity contribution is 7.71. The van der Waals surface area contributed by atoms with Gasteiger partial charge in [-0.25, -0.2) is 0 Å². The molecular formula is C17H16N2O2S. The van der Waals surface area contributed by atoms with Crippen molar-refractivity contribution in [1.29, 1.82) is 0 Å². The molecule has 1 heterocycles. The second-order valence-corrected chi connectivity index (χ2v) is 5.38. The molecule has 0 unspecified atom stereocenters. The van der Waals surface area contributed by atoms with Gasteiger partial charge in [-0.2, -0.15) is 0 Å². The van der Waals surface area contributed by atoms with Crippen LogP contribution >= 0.6 is 12.2 Å². The molecule has 0 atom stereocenters. The van der Waals surface area contributed by atoms with Gasteiger partial charge in [0.25, 0.3) is 5.56 Å². The van der Waals surface area contributed by atoms with Crippen molar-refractivity contribution in [1.82, 2.24) is 9.55 Å². The predicted molar refractivity (Wildman–Crippen MR) is 90.1 cm³/mol. The summed E-state index contributed by atoms with van der Waals surface area (Å²) in [6.07, 6.45) is 0.680. The molecule has 1 aromatic heterocycles. The average Bonchev–Trinajstić information content (AvgIpc) is 2.55. The summed E-state index contributed by atoms with van der Waals surface area (Å²) in [5.41, 5.74) is 1.76. The number of nitrogens with one attached hydrogen (secondary N) is 1. The number of aromatic nitrogens is 2. The number of aromatic amines is 1. The average molecular weight is 312 g/mol. The lowest BCUT2D eigenvalue weighted by atomic mass is 10.1. The number of rotatable bonds is 4. The second kappa shape index (κ2) is 6.15. The van der Waals surface area contributed by atoms with Crippen molar-refractivity contribution in [3.63, 3.8) is 0 Å². The normalized spacial score (nSPS) is 10.8. The largest absolute Gasteiger partial charge is 0.496 e. The van der Waals surface area contributed by atoms with Gasteiger partial charge >= 0.3 is 0 Å². The van der Waals surface area contributed by atoms with Crippen molar-refractivity contribution in [2.45, 2.75) is 13.0 Å². The van der Waals surface area contributed by atoms with Crippen molar-refractivity contribution in [3.05, 3.63) is 69.2 Å². The molecule has 112 valence electrons. The number of nitrogens with zero attached hydrogens (tertiary/aromatic N) is 1. The minimum atomic E-state index is -0.0609. The third kappa shape index (κ3) is 2.67. The number of fused-ring (bicyclic) bond motifs is 1. The van der Waals surface area contributed by atoms with Crippen LogP contribution in [0.25, 0.3) is 10.9 Å². The Bertz CT molecular complexity index is 928. The number of hydrogen-bond donors (Lipinski definition) is 1. The topological polar surface area (TPSA) is 47.0 Å². The zero-order chi connectivity index (χ0) is 15.5. The van der Waals surface area contributed by atoms with Gasteiger partial charge in [0.2, 0.25) is 0 Å². The van der Waals surface area contributed by atoms with E-state index in [-0.39, 0.29) is 5.56 Å². The fourth-order valence-electron chi connectivity index (χ4n) is 2.54. The predicted octanol–water partition coefficient (Wildman–Crippen LogP) is 3.31. The summed E-state index contributed by atoms with van der Waals surface area (Å²) < 4.78 is 7.39. The number of ether oxygens (including phenoxy) is 1. The maximum absolute atomic E-state index is 12.6. The first-order valence-electron chi connectivity index (χ1n) is 7.04. The Kier molecular flexibility index (Phi) is 4.06. The van der Waals surface area contributed by atoms with Gasteiger partial charge in [-0.15, -0.1) is 0 Å². The standard InChI is InChI=1S/C17H16N2O2S/c1-21-15-9-5-2-6-12(15)10-11-19-16(20)13-7-3-4-8-14(13)18-17(19)22/h2-9H,10-11H2,1H3,(H,18,22).